The molecule has 0 aliphatic heterocycles. The summed E-state index contributed by atoms with van der Waals surface area (Å²) in [6, 6.07) is 17.7. The lowest BCUT2D eigenvalue weighted by atomic mass is 10.2. The van der Waals surface area contributed by atoms with Gasteiger partial charge in [0.15, 0.2) is 5.43 Å². The summed E-state index contributed by atoms with van der Waals surface area (Å²) < 4.78 is 1.26. The molecule has 24 heavy (non-hydrogen) atoms. The van der Waals surface area contributed by atoms with Crippen LogP contribution in [0.1, 0.15) is 12.0 Å². The van der Waals surface area contributed by atoms with Crippen LogP contribution in [0.25, 0.3) is 10.9 Å². The number of halogens is 1. The summed E-state index contributed by atoms with van der Waals surface area (Å²) in [6.07, 6.45) is 0.985. The van der Waals surface area contributed by atoms with Gasteiger partial charge in [-0.3, -0.25) is 4.79 Å². The molecule has 0 saturated carbocycles. The van der Waals surface area contributed by atoms with E-state index in [-0.39, 0.29) is 5.43 Å². The van der Waals surface area contributed by atoms with Crippen molar-refractivity contribution in [3.63, 3.8) is 0 Å². The zero-order valence-corrected chi connectivity index (χ0v) is 15.5. The third-order valence-corrected chi connectivity index (χ3v) is 4.47. The number of anilines is 1. The van der Waals surface area contributed by atoms with Crippen molar-refractivity contribution in [3.05, 3.63) is 74.0 Å². The molecule has 0 atom stereocenters. The number of hydrogen-bond acceptors (Lipinski definition) is 3. The molecule has 1 aromatic heterocycles. The third-order valence-electron chi connectivity index (χ3n) is 3.80. The second-order valence-corrected chi connectivity index (χ2v) is 6.93. The van der Waals surface area contributed by atoms with Gasteiger partial charge in [0, 0.05) is 28.1 Å². The molecule has 0 unspecified atom stereocenters. The van der Waals surface area contributed by atoms with E-state index in [1.807, 2.05) is 24.3 Å². The Labute approximate surface area is 154 Å². The fourth-order valence-electron chi connectivity index (χ4n) is 2.61. The van der Waals surface area contributed by atoms with Crippen LogP contribution in [0.3, 0.4) is 0 Å². The maximum Gasteiger partial charge on any atom is 0.191 e. The van der Waals surface area contributed by atoms with Gasteiger partial charge in [0.1, 0.15) is 5.82 Å². The van der Waals surface area contributed by atoms with Crippen LogP contribution in [0.5, 0.6) is 0 Å². The SMILES string of the molecule is O=c1cc(NCCCNCc2cccc(I)c2)[nH]c2ccccc12. The Kier molecular flexibility index (Phi) is 5.87. The molecule has 4 nitrogen and oxygen atoms in total. The molecule has 0 radical (unpaired) electrons. The minimum absolute atomic E-state index is 0.0451. The van der Waals surface area contributed by atoms with Gasteiger partial charge >= 0.3 is 0 Å². The molecule has 3 N–H and O–H groups in total. The van der Waals surface area contributed by atoms with Crippen molar-refractivity contribution in [1.82, 2.24) is 10.3 Å². The van der Waals surface area contributed by atoms with Gasteiger partial charge < -0.3 is 15.6 Å². The Bertz CT molecular complexity index is 876. The predicted molar refractivity (Wildman–Crippen MR) is 109 cm³/mol. The third kappa shape index (κ3) is 4.58. The molecule has 124 valence electrons. The molecule has 0 spiro atoms. The molecule has 0 bridgehead atoms. The van der Waals surface area contributed by atoms with Crippen LogP contribution < -0.4 is 16.1 Å². The van der Waals surface area contributed by atoms with Gasteiger partial charge in [0.2, 0.25) is 0 Å². The van der Waals surface area contributed by atoms with Crippen molar-refractivity contribution >= 4 is 39.3 Å². The molecule has 0 fully saturated rings. The number of pyridine rings is 1. The van der Waals surface area contributed by atoms with E-state index in [1.165, 1.54) is 9.13 Å². The lowest BCUT2D eigenvalue weighted by Gasteiger charge is -2.09. The molecule has 5 heteroatoms. The van der Waals surface area contributed by atoms with Gasteiger partial charge in [-0.15, -0.1) is 0 Å². The first-order chi connectivity index (χ1) is 11.7. The Hall–Kier alpha value is -1.86. The van der Waals surface area contributed by atoms with Crippen LogP contribution in [0.4, 0.5) is 5.82 Å². The van der Waals surface area contributed by atoms with Crippen LogP contribution in [-0.2, 0) is 6.54 Å². The van der Waals surface area contributed by atoms with Gasteiger partial charge in [0.05, 0.1) is 5.52 Å². The lowest BCUT2D eigenvalue weighted by molar-refractivity contribution is 0.662. The highest BCUT2D eigenvalue weighted by molar-refractivity contribution is 14.1. The summed E-state index contributed by atoms with van der Waals surface area (Å²) in [7, 11) is 0. The number of nitrogens with one attached hydrogen (secondary N) is 3. The monoisotopic (exact) mass is 433 g/mol. The first-order valence-corrected chi connectivity index (χ1v) is 9.11. The maximum atomic E-state index is 12.0. The average molecular weight is 433 g/mol. The Morgan fingerprint density at radius 1 is 1.00 bits per heavy atom. The molecule has 0 saturated heterocycles. The summed E-state index contributed by atoms with van der Waals surface area (Å²) in [5.41, 5.74) is 2.21. The number of fused-ring (bicyclic) bond motifs is 1. The van der Waals surface area contributed by atoms with Crippen LogP contribution in [0, 0.1) is 3.57 Å². The second-order valence-electron chi connectivity index (χ2n) is 5.68. The average Bonchev–Trinajstić information content (AvgIpc) is 2.58. The lowest BCUT2D eigenvalue weighted by Crippen LogP contribution is -2.18. The maximum absolute atomic E-state index is 12.0. The van der Waals surface area contributed by atoms with E-state index >= 15 is 0 Å². The molecule has 3 aromatic rings. The van der Waals surface area contributed by atoms with Crippen LogP contribution in [0.15, 0.2) is 59.4 Å². The van der Waals surface area contributed by atoms with Crippen molar-refractivity contribution in [2.24, 2.45) is 0 Å². The van der Waals surface area contributed by atoms with E-state index in [2.05, 4.69) is 62.5 Å². The Morgan fingerprint density at radius 2 is 1.88 bits per heavy atom. The van der Waals surface area contributed by atoms with Crippen LogP contribution >= 0.6 is 22.6 Å². The number of H-pyrrole nitrogens is 1. The molecule has 0 aliphatic rings. The number of aromatic nitrogens is 1. The highest BCUT2D eigenvalue weighted by atomic mass is 127. The molecule has 0 aliphatic carbocycles. The van der Waals surface area contributed by atoms with Gasteiger partial charge in [-0.1, -0.05) is 24.3 Å². The Morgan fingerprint density at radius 3 is 2.75 bits per heavy atom. The van der Waals surface area contributed by atoms with E-state index < -0.39 is 0 Å². The van der Waals surface area contributed by atoms with Crippen LogP contribution in [0.2, 0.25) is 0 Å². The van der Waals surface area contributed by atoms with Crippen LogP contribution in [-0.4, -0.2) is 18.1 Å². The molecule has 3 rings (SSSR count). The van der Waals surface area contributed by atoms with Crippen molar-refractivity contribution in [3.8, 4) is 0 Å². The minimum atomic E-state index is 0.0451. The van der Waals surface area contributed by atoms with Gasteiger partial charge in [0.25, 0.3) is 0 Å². The molecule has 0 amide bonds. The smallest absolute Gasteiger partial charge is 0.191 e. The summed E-state index contributed by atoms with van der Waals surface area (Å²) in [4.78, 5) is 15.3. The summed E-state index contributed by atoms with van der Waals surface area (Å²) in [5, 5.41) is 7.45. The van der Waals surface area contributed by atoms with Crippen molar-refractivity contribution in [2.75, 3.05) is 18.4 Å². The Balaban J connectivity index is 1.44. The molecular weight excluding hydrogens is 413 g/mol. The zero-order chi connectivity index (χ0) is 16.8. The fraction of sp³-hybridized carbons (Fsp3) is 0.211. The summed E-state index contributed by atoms with van der Waals surface area (Å²) >= 11 is 2.33. The minimum Gasteiger partial charge on any atom is -0.371 e. The first kappa shape index (κ1) is 17.0. The zero-order valence-electron chi connectivity index (χ0n) is 13.3. The highest BCUT2D eigenvalue weighted by Crippen LogP contribution is 2.10. The summed E-state index contributed by atoms with van der Waals surface area (Å²) in [5.74, 6) is 0.774. The topological polar surface area (TPSA) is 56.9 Å². The van der Waals surface area contributed by atoms with Gasteiger partial charge in [-0.2, -0.15) is 0 Å². The number of rotatable bonds is 7. The van der Waals surface area contributed by atoms with E-state index in [0.29, 0.717) is 0 Å². The van der Waals surface area contributed by atoms with Crippen molar-refractivity contribution in [1.29, 1.82) is 0 Å². The fourth-order valence-corrected chi connectivity index (χ4v) is 3.22. The number of para-hydroxylation sites is 1. The van der Waals surface area contributed by atoms with Gasteiger partial charge in [-0.05, 0) is 65.4 Å². The van der Waals surface area contributed by atoms with Crippen molar-refractivity contribution in [2.45, 2.75) is 13.0 Å². The number of aromatic amines is 1. The normalized spacial score (nSPS) is 10.9. The second kappa shape index (κ2) is 8.30. The first-order valence-electron chi connectivity index (χ1n) is 8.03. The van der Waals surface area contributed by atoms with Crippen molar-refractivity contribution < 1.29 is 0 Å². The van der Waals surface area contributed by atoms with E-state index in [0.717, 1.165) is 42.8 Å². The van der Waals surface area contributed by atoms with E-state index in [9.17, 15) is 4.79 Å². The number of benzene rings is 2. The predicted octanol–water partition coefficient (Wildman–Crippen LogP) is 3.72. The largest absolute Gasteiger partial charge is 0.371 e. The molecule has 1 heterocycles. The number of hydrogen-bond donors (Lipinski definition) is 3. The molecular formula is C19H20IN3O. The van der Waals surface area contributed by atoms with E-state index in [4.69, 9.17) is 0 Å². The highest BCUT2D eigenvalue weighted by Gasteiger charge is 2.00. The quantitative estimate of drug-likeness (QED) is 0.393. The van der Waals surface area contributed by atoms with E-state index in [1.54, 1.807) is 6.07 Å². The summed E-state index contributed by atoms with van der Waals surface area (Å²) in [6.45, 7) is 2.62. The van der Waals surface area contributed by atoms with Gasteiger partial charge in [-0.25, -0.2) is 0 Å². The standard InChI is InChI=1S/C19H20IN3O/c20-15-6-3-5-14(11-15)13-21-9-4-10-22-19-12-18(24)16-7-1-2-8-17(16)23-19/h1-3,5-8,11-12,21H,4,9-10,13H2,(H2,22,23,24). The molecule has 2 aromatic carbocycles.